The highest BCUT2D eigenvalue weighted by Gasteiger charge is 2.31. The van der Waals surface area contributed by atoms with Gasteiger partial charge in [-0.25, -0.2) is 13.1 Å². The molecule has 1 amide bonds. The van der Waals surface area contributed by atoms with Gasteiger partial charge in [0.15, 0.2) is 0 Å². The second-order valence-electron chi connectivity index (χ2n) is 6.21. The van der Waals surface area contributed by atoms with Gasteiger partial charge in [-0.1, -0.05) is 42.5 Å². The van der Waals surface area contributed by atoms with Crippen LogP contribution < -0.4 is 4.72 Å². The highest BCUT2D eigenvalue weighted by atomic mass is 32.2. The van der Waals surface area contributed by atoms with Crippen LogP contribution in [0.5, 0.6) is 0 Å². The van der Waals surface area contributed by atoms with Gasteiger partial charge in [-0.05, 0) is 30.2 Å². The van der Waals surface area contributed by atoms with Crippen molar-refractivity contribution in [3.63, 3.8) is 0 Å². The predicted molar refractivity (Wildman–Crippen MR) is 104 cm³/mol. The Morgan fingerprint density at radius 1 is 1.10 bits per heavy atom. The maximum absolute atomic E-state index is 12.8. The Morgan fingerprint density at radius 3 is 2.41 bits per heavy atom. The number of alkyl halides is 3. The third kappa shape index (κ3) is 6.72. The Labute approximate surface area is 167 Å². The molecule has 0 heterocycles. The zero-order valence-corrected chi connectivity index (χ0v) is 16.3. The van der Waals surface area contributed by atoms with Crippen molar-refractivity contribution in [3.05, 3.63) is 78.4 Å². The van der Waals surface area contributed by atoms with Crippen LogP contribution in [0, 0.1) is 0 Å². The molecular formula is C20H21F3N2O3S. The zero-order valence-electron chi connectivity index (χ0n) is 15.5. The van der Waals surface area contributed by atoms with Gasteiger partial charge in [0.25, 0.3) is 0 Å². The van der Waals surface area contributed by atoms with E-state index in [2.05, 4.69) is 11.3 Å². The molecule has 0 aromatic heterocycles. The van der Waals surface area contributed by atoms with E-state index in [9.17, 15) is 26.4 Å². The minimum atomic E-state index is -4.67. The van der Waals surface area contributed by atoms with Crippen LogP contribution in [0.1, 0.15) is 11.1 Å². The van der Waals surface area contributed by atoms with Crippen LogP contribution in [0.15, 0.2) is 72.1 Å². The normalized spacial score (nSPS) is 11.8. The van der Waals surface area contributed by atoms with Gasteiger partial charge in [0, 0.05) is 13.1 Å². The summed E-state index contributed by atoms with van der Waals surface area (Å²) in [5.74, 6) is -0.503. The van der Waals surface area contributed by atoms with Gasteiger partial charge in [-0.15, -0.1) is 6.58 Å². The summed E-state index contributed by atoms with van der Waals surface area (Å²) in [5.41, 5.74) is -0.0678. The first kappa shape index (κ1) is 22.6. The molecule has 0 atom stereocenters. The molecule has 29 heavy (non-hydrogen) atoms. The second kappa shape index (κ2) is 9.71. The molecule has 0 radical (unpaired) electrons. The minimum absolute atomic E-state index is 0.219. The number of hydrogen-bond acceptors (Lipinski definition) is 3. The van der Waals surface area contributed by atoms with Gasteiger partial charge in [0.05, 0.1) is 17.0 Å². The molecule has 0 saturated heterocycles. The fourth-order valence-electron chi connectivity index (χ4n) is 2.57. The average molecular weight is 426 g/mol. The summed E-state index contributed by atoms with van der Waals surface area (Å²) in [6.45, 7) is 3.59. The molecule has 0 aliphatic heterocycles. The standard InChI is InChI=1S/C20H21F3N2O3S/c1-2-12-25(13-11-16-7-4-3-5-8-16)19(26)15-24-29(27,28)18-10-6-9-17(14-18)20(21,22)23/h2-10,14,24H,1,11-13,15H2. The quantitative estimate of drug-likeness (QED) is 0.626. The van der Waals surface area contributed by atoms with E-state index in [1.54, 1.807) is 0 Å². The number of amides is 1. The lowest BCUT2D eigenvalue weighted by Crippen LogP contribution is -2.41. The molecule has 0 spiro atoms. The van der Waals surface area contributed by atoms with Gasteiger partial charge in [0.2, 0.25) is 15.9 Å². The monoisotopic (exact) mass is 426 g/mol. The van der Waals surface area contributed by atoms with Gasteiger partial charge < -0.3 is 4.90 Å². The third-order valence-corrected chi connectivity index (χ3v) is 5.50. The second-order valence-corrected chi connectivity index (χ2v) is 7.98. The molecule has 2 aromatic rings. The van der Waals surface area contributed by atoms with Crippen molar-refractivity contribution < 1.29 is 26.4 Å². The van der Waals surface area contributed by atoms with E-state index in [1.165, 1.54) is 11.0 Å². The van der Waals surface area contributed by atoms with Crippen LogP contribution in [-0.2, 0) is 27.4 Å². The molecular weight excluding hydrogens is 405 g/mol. The number of carbonyl (C=O) groups is 1. The van der Waals surface area contributed by atoms with E-state index in [4.69, 9.17) is 0 Å². The predicted octanol–water partition coefficient (Wildman–Crippen LogP) is 3.24. The number of halogens is 3. The number of hydrogen-bond donors (Lipinski definition) is 1. The van der Waals surface area contributed by atoms with Crippen LogP contribution in [0.4, 0.5) is 13.2 Å². The molecule has 1 N–H and O–H groups in total. The molecule has 0 aliphatic rings. The van der Waals surface area contributed by atoms with E-state index < -0.39 is 39.1 Å². The van der Waals surface area contributed by atoms with Gasteiger partial charge in [-0.3, -0.25) is 4.79 Å². The molecule has 0 fully saturated rings. The van der Waals surface area contributed by atoms with Crippen molar-refractivity contribution >= 4 is 15.9 Å². The largest absolute Gasteiger partial charge is 0.416 e. The van der Waals surface area contributed by atoms with E-state index in [0.717, 1.165) is 23.8 Å². The maximum Gasteiger partial charge on any atom is 0.416 e. The van der Waals surface area contributed by atoms with Crippen molar-refractivity contribution in [2.24, 2.45) is 0 Å². The van der Waals surface area contributed by atoms with Gasteiger partial charge in [0.1, 0.15) is 0 Å². The SMILES string of the molecule is C=CCN(CCc1ccccc1)C(=O)CNS(=O)(=O)c1cccc(C(F)(F)F)c1. The fourth-order valence-corrected chi connectivity index (χ4v) is 3.59. The Hall–Kier alpha value is -2.65. The van der Waals surface area contributed by atoms with Crippen LogP contribution in [-0.4, -0.2) is 38.9 Å². The molecule has 2 rings (SSSR count). The van der Waals surface area contributed by atoms with E-state index in [1.807, 2.05) is 30.3 Å². The van der Waals surface area contributed by atoms with Crippen molar-refractivity contribution in [2.45, 2.75) is 17.5 Å². The van der Waals surface area contributed by atoms with Gasteiger partial charge >= 0.3 is 6.18 Å². The van der Waals surface area contributed by atoms with E-state index in [-0.39, 0.29) is 6.54 Å². The first-order valence-corrected chi connectivity index (χ1v) is 10.2. The molecule has 5 nitrogen and oxygen atoms in total. The summed E-state index contributed by atoms with van der Waals surface area (Å²) in [5, 5.41) is 0. The molecule has 156 valence electrons. The lowest BCUT2D eigenvalue weighted by Gasteiger charge is -2.21. The first-order chi connectivity index (χ1) is 13.6. The summed E-state index contributed by atoms with van der Waals surface area (Å²) in [6.07, 6.45) is -2.58. The molecule has 0 bridgehead atoms. The smallest absolute Gasteiger partial charge is 0.338 e. The number of benzene rings is 2. The fraction of sp³-hybridized carbons (Fsp3) is 0.250. The number of sulfonamides is 1. The van der Waals surface area contributed by atoms with Crippen LogP contribution >= 0.6 is 0 Å². The summed E-state index contributed by atoms with van der Waals surface area (Å²) in [6, 6.07) is 12.8. The number of carbonyl (C=O) groups excluding carboxylic acids is 1. The number of nitrogens with one attached hydrogen (secondary N) is 1. The summed E-state index contributed by atoms with van der Waals surface area (Å²) in [4.78, 5) is 13.3. The van der Waals surface area contributed by atoms with Crippen molar-refractivity contribution in [3.8, 4) is 0 Å². The van der Waals surface area contributed by atoms with Crippen molar-refractivity contribution in [2.75, 3.05) is 19.6 Å². The van der Waals surface area contributed by atoms with Crippen molar-refractivity contribution in [1.29, 1.82) is 0 Å². The molecule has 0 saturated carbocycles. The lowest BCUT2D eigenvalue weighted by molar-refractivity contribution is -0.137. The van der Waals surface area contributed by atoms with Crippen LogP contribution in [0.3, 0.4) is 0 Å². The van der Waals surface area contributed by atoms with Crippen LogP contribution in [0.2, 0.25) is 0 Å². The first-order valence-electron chi connectivity index (χ1n) is 8.73. The van der Waals surface area contributed by atoms with Crippen molar-refractivity contribution in [1.82, 2.24) is 9.62 Å². The average Bonchev–Trinajstić information content (AvgIpc) is 2.69. The molecule has 0 unspecified atom stereocenters. The molecule has 0 aliphatic carbocycles. The Balaban J connectivity index is 2.03. The highest BCUT2D eigenvalue weighted by molar-refractivity contribution is 7.89. The molecule has 9 heteroatoms. The zero-order chi connectivity index (χ0) is 21.5. The summed E-state index contributed by atoms with van der Waals surface area (Å²) < 4.78 is 65.1. The third-order valence-electron chi connectivity index (χ3n) is 4.10. The number of nitrogens with zero attached hydrogens (tertiary/aromatic N) is 1. The van der Waals surface area contributed by atoms with E-state index in [0.29, 0.717) is 19.0 Å². The molecule has 2 aromatic carbocycles. The minimum Gasteiger partial charge on any atom is -0.338 e. The lowest BCUT2D eigenvalue weighted by atomic mass is 10.1. The Bertz CT molecular complexity index is 945. The Kier molecular flexibility index (Phi) is 7.58. The van der Waals surface area contributed by atoms with Gasteiger partial charge in [-0.2, -0.15) is 13.2 Å². The highest BCUT2D eigenvalue weighted by Crippen LogP contribution is 2.30. The topological polar surface area (TPSA) is 66.5 Å². The van der Waals surface area contributed by atoms with E-state index >= 15 is 0 Å². The summed E-state index contributed by atoms with van der Waals surface area (Å²) >= 11 is 0. The number of rotatable bonds is 9. The van der Waals surface area contributed by atoms with Crippen LogP contribution in [0.25, 0.3) is 0 Å². The Morgan fingerprint density at radius 2 is 1.79 bits per heavy atom. The summed E-state index contributed by atoms with van der Waals surface area (Å²) in [7, 11) is -4.28. The maximum atomic E-state index is 12.8.